The highest BCUT2D eigenvalue weighted by Gasteiger charge is 2.26. The lowest BCUT2D eigenvalue weighted by molar-refractivity contribution is -0.123. The summed E-state index contributed by atoms with van der Waals surface area (Å²) < 4.78 is 22.2. The lowest BCUT2D eigenvalue weighted by Crippen LogP contribution is -2.45. The van der Waals surface area contributed by atoms with Gasteiger partial charge in [0, 0.05) is 13.0 Å². The van der Waals surface area contributed by atoms with Crippen molar-refractivity contribution >= 4 is 13.7 Å². The molecule has 0 saturated heterocycles. The predicted molar refractivity (Wildman–Crippen MR) is 259 cm³/mol. The number of hydrogen-bond donors (Lipinski definition) is 4. The fourth-order valence-electron chi connectivity index (χ4n) is 8.14. The van der Waals surface area contributed by atoms with Crippen molar-refractivity contribution in [3.05, 3.63) is 12.2 Å². The molecule has 0 aromatic rings. The van der Waals surface area contributed by atoms with Crippen LogP contribution < -0.4 is 11.1 Å². The van der Waals surface area contributed by atoms with Gasteiger partial charge in [0.15, 0.2) is 0 Å². The monoisotopic (exact) mass is 871 g/mol. The van der Waals surface area contributed by atoms with Crippen molar-refractivity contribution in [1.29, 1.82) is 0 Å². The first-order valence-corrected chi connectivity index (χ1v) is 27.8. The van der Waals surface area contributed by atoms with E-state index in [0.29, 0.717) is 6.42 Å². The second kappa shape index (κ2) is 47.7. The largest absolute Gasteiger partial charge is 0.472 e. The summed E-state index contributed by atoms with van der Waals surface area (Å²) in [5.74, 6) is -0.187. The molecule has 8 nitrogen and oxygen atoms in total. The van der Waals surface area contributed by atoms with Gasteiger partial charge in [-0.1, -0.05) is 264 Å². The van der Waals surface area contributed by atoms with Crippen LogP contribution in [0.2, 0.25) is 0 Å². The zero-order chi connectivity index (χ0) is 43.9. The summed E-state index contributed by atoms with van der Waals surface area (Å²) in [6.45, 7) is 4.18. The van der Waals surface area contributed by atoms with Crippen LogP contribution in [0.4, 0.5) is 0 Å². The maximum Gasteiger partial charge on any atom is 0.472 e. The van der Waals surface area contributed by atoms with Gasteiger partial charge in [-0.15, -0.1) is 0 Å². The number of amides is 1. The minimum absolute atomic E-state index is 0.0816. The average Bonchev–Trinajstić information content (AvgIpc) is 3.24. The molecule has 5 N–H and O–H groups in total. The van der Waals surface area contributed by atoms with Crippen LogP contribution >= 0.6 is 7.82 Å². The maximum absolute atomic E-state index is 12.8. The van der Waals surface area contributed by atoms with Crippen molar-refractivity contribution in [3.63, 3.8) is 0 Å². The molecule has 0 saturated carbocycles. The summed E-state index contributed by atoms with van der Waals surface area (Å²) in [6.07, 6.45) is 55.7. The topological polar surface area (TPSA) is 131 Å². The Morgan fingerprint density at radius 1 is 0.533 bits per heavy atom. The fourth-order valence-corrected chi connectivity index (χ4v) is 8.90. The molecule has 0 bridgehead atoms. The molecule has 9 heteroatoms. The number of nitrogens with one attached hydrogen (secondary N) is 1. The van der Waals surface area contributed by atoms with E-state index in [1.54, 1.807) is 6.08 Å². The smallest absolute Gasteiger partial charge is 0.387 e. The third kappa shape index (κ3) is 45.3. The third-order valence-corrected chi connectivity index (χ3v) is 13.1. The molecule has 0 aromatic heterocycles. The molecule has 0 aromatic carbocycles. The van der Waals surface area contributed by atoms with Crippen LogP contribution in [0.25, 0.3) is 0 Å². The Morgan fingerprint density at radius 2 is 0.850 bits per heavy atom. The van der Waals surface area contributed by atoms with E-state index in [1.807, 2.05) is 6.08 Å². The molecular weight excluding hydrogens is 768 g/mol. The lowest BCUT2D eigenvalue weighted by atomic mass is 10.0. The van der Waals surface area contributed by atoms with Crippen molar-refractivity contribution in [2.24, 2.45) is 5.73 Å². The molecule has 358 valence electrons. The van der Waals surface area contributed by atoms with Crippen LogP contribution in [0.5, 0.6) is 0 Å². The van der Waals surface area contributed by atoms with E-state index in [2.05, 4.69) is 19.2 Å². The zero-order valence-electron chi connectivity index (χ0n) is 40.0. The van der Waals surface area contributed by atoms with Crippen LogP contribution in [-0.4, -0.2) is 47.8 Å². The van der Waals surface area contributed by atoms with Crippen molar-refractivity contribution in [1.82, 2.24) is 5.32 Å². The molecule has 3 atom stereocenters. The van der Waals surface area contributed by atoms with Gasteiger partial charge >= 0.3 is 7.82 Å². The molecule has 0 radical (unpaired) electrons. The van der Waals surface area contributed by atoms with Gasteiger partial charge in [0.05, 0.1) is 25.4 Å². The van der Waals surface area contributed by atoms with Gasteiger partial charge in [-0.3, -0.25) is 13.8 Å². The Morgan fingerprint density at radius 3 is 1.18 bits per heavy atom. The van der Waals surface area contributed by atoms with Crippen molar-refractivity contribution < 1.29 is 28.4 Å². The van der Waals surface area contributed by atoms with Gasteiger partial charge in [-0.25, -0.2) is 4.57 Å². The summed E-state index contributed by atoms with van der Waals surface area (Å²) >= 11 is 0. The number of nitrogens with two attached hydrogens (primary N) is 1. The van der Waals surface area contributed by atoms with Crippen LogP contribution in [0.1, 0.15) is 277 Å². The molecule has 60 heavy (non-hydrogen) atoms. The molecule has 0 heterocycles. The first-order valence-electron chi connectivity index (χ1n) is 26.3. The minimum atomic E-state index is -4.34. The molecule has 0 rings (SSSR count). The zero-order valence-corrected chi connectivity index (χ0v) is 40.9. The number of aliphatic hydroxyl groups excluding tert-OH is 1. The van der Waals surface area contributed by atoms with E-state index in [1.165, 1.54) is 218 Å². The number of rotatable bonds is 50. The van der Waals surface area contributed by atoms with Gasteiger partial charge in [0.25, 0.3) is 0 Å². The Bertz CT molecular complexity index is 953. The van der Waals surface area contributed by atoms with E-state index in [4.69, 9.17) is 14.8 Å². The summed E-state index contributed by atoms with van der Waals surface area (Å²) in [5, 5.41) is 13.7. The van der Waals surface area contributed by atoms with Crippen LogP contribution in [0.15, 0.2) is 12.2 Å². The fraction of sp³-hybridized carbons (Fsp3) is 0.941. The Kier molecular flexibility index (Phi) is 47.1. The van der Waals surface area contributed by atoms with Crippen LogP contribution in [-0.2, 0) is 18.4 Å². The molecule has 1 amide bonds. The first kappa shape index (κ1) is 59.2. The lowest BCUT2D eigenvalue weighted by Gasteiger charge is -2.23. The Balaban J connectivity index is 3.99. The molecule has 0 aliphatic carbocycles. The van der Waals surface area contributed by atoms with Crippen molar-refractivity contribution in [3.8, 4) is 0 Å². The van der Waals surface area contributed by atoms with E-state index in [-0.39, 0.29) is 25.7 Å². The molecule has 0 fully saturated rings. The molecule has 1 unspecified atom stereocenters. The highest BCUT2D eigenvalue weighted by molar-refractivity contribution is 7.47. The summed E-state index contributed by atoms with van der Waals surface area (Å²) in [5.41, 5.74) is 5.39. The van der Waals surface area contributed by atoms with Gasteiger partial charge < -0.3 is 21.1 Å². The highest BCUT2D eigenvalue weighted by atomic mass is 31.2. The number of hydrogen-bond acceptors (Lipinski definition) is 6. The Hall–Kier alpha value is -0.760. The van der Waals surface area contributed by atoms with Crippen LogP contribution in [0.3, 0.4) is 0 Å². The van der Waals surface area contributed by atoms with Gasteiger partial charge in [0.2, 0.25) is 5.91 Å². The third-order valence-electron chi connectivity index (χ3n) is 12.1. The number of allylic oxidation sites excluding steroid dienone is 1. The standard InChI is InChI=1S/C51H103N2O6P/c1-3-5-7-9-11-13-15-17-19-21-22-23-24-25-26-27-28-29-31-33-35-37-39-41-43-45-51(55)53-49(48-59-60(56,57)58-47-46-52)50(54)44-42-40-38-36-34-32-30-20-18-16-14-12-10-8-6-4-2/h42,44,49-50,54H,3-41,43,45-48,52H2,1-2H3,(H,53,55)(H,56,57)/b44-42+/t49-,50+/m0/s1. The quantitative estimate of drug-likeness (QED) is 0.0272. The highest BCUT2D eigenvalue weighted by Crippen LogP contribution is 2.43. The molecular formula is C51H103N2O6P. The second-order valence-corrected chi connectivity index (χ2v) is 19.6. The maximum atomic E-state index is 12.8. The van der Waals surface area contributed by atoms with E-state index in [0.717, 1.165) is 38.5 Å². The molecule has 0 spiro atoms. The van der Waals surface area contributed by atoms with E-state index < -0.39 is 20.0 Å². The van der Waals surface area contributed by atoms with Crippen molar-refractivity contribution in [2.45, 2.75) is 289 Å². The summed E-state index contributed by atoms with van der Waals surface area (Å²) in [6, 6.07) is -0.855. The normalized spacial score (nSPS) is 13.9. The van der Waals surface area contributed by atoms with Crippen LogP contribution in [0, 0.1) is 0 Å². The van der Waals surface area contributed by atoms with Gasteiger partial charge in [0.1, 0.15) is 0 Å². The Labute approximate surface area is 373 Å². The average molecular weight is 871 g/mol. The predicted octanol–water partition coefficient (Wildman–Crippen LogP) is 15.5. The second-order valence-electron chi connectivity index (χ2n) is 18.1. The number of carbonyl (C=O) groups is 1. The summed E-state index contributed by atoms with van der Waals surface area (Å²) in [7, 11) is -4.34. The summed E-state index contributed by atoms with van der Waals surface area (Å²) in [4.78, 5) is 22.8. The van der Waals surface area contributed by atoms with Gasteiger partial charge in [-0.05, 0) is 19.3 Å². The number of carbonyl (C=O) groups excluding carboxylic acids is 1. The minimum Gasteiger partial charge on any atom is -0.387 e. The number of phosphoric ester groups is 1. The number of phosphoric acid groups is 1. The van der Waals surface area contributed by atoms with Gasteiger partial charge in [-0.2, -0.15) is 0 Å². The number of unbranched alkanes of at least 4 members (excludes halogenated alkanes) is 38. The van der Waals surface area contributed by atoms with E-state index in [9.17, 15) is 19.4 Å². The SMILES string of the molecule is CCCCCCCCCCCCCCCC/C=C/[C@@H](O)[C@H](COP(=O)(O)OCCN)NC(=O)CCCCCCCCCCCCCCCCCCCCCCCCCCC. The van der Waals surface area contributed by atoms with Crippen molar-refractivity contribution in [2.75, 3.05) is 19.8 Å². The first-order chi connectivity index (χ1) is 29.4. The number of aliphatic hydroxyl groups is 1. The molecule has 0 aliphatic rings. The van der Waals surface area contributed by atoms with E-state index >= 15 is 0 Å². The molecule has 0 aliphatic heterocycles.